The summed E-state index contributed by atoms with van der Waals surface area (Å²) in [6.07, 6.45) is 6.08. The first kappa shape index (κ1) is 19.4. The summed E-state index contributed by atoms with van der Waals surface area (Å²) < 4.78 is 1.68. The molecule has 0 aliphatic carbocycles. The Morgan fingerprint density at radius 2 is 2.03 bits per heavy atom. The molecule has 1 aliphatic rings. The molecule has 150 valence electrons. The Bertz CT molecular complexity index is 1060. The van der Waals surface area contributed by atoms with E-state index in [0.29, 0.717) is 5.92 Å². The van der Waals surface area contributed by atoms with Crippen LogP contribution in [0.2, 0.25) is 0 Å². The Kier molecular flexibility index (Phi) is 5.76. The molecule has 2 aromatic heterocycles. The second kappa shape index (κ2) is 8.61. The minimum absolute atomic E-state index is 0.0634. The van der Waals surface area contributed by atoms with Crippen molar-refractivity contribution in [3.63, 3.8) is 0 Å². The average molecular weight is 409 g/mol. The predicted octanol–water partition coefficient (Wildman–Crippen LogP) is 3.43. The zero-order valence-electron chi connectivity index (χ0n) is 16.4. The third-order valence-electron chi connectivity index (χ3n) is 5.43. The van der Waals surface area contributed by atoms with Gasteiger partial charge in [0.25, 0.3) is 0 Å². The lowest BCUT2D eigenvalue weighted by molar-refractivity contribution is -0.127. The van der Waals surface area contributed by atoms with Crippen LogP contribution in [0.4, 0.5) is 0 Å². The van der Waals surface area contributed by atoms with Crippen LogP contribution in [0.25, 0.3) is 11.8 Å². The van der Waals surface area contributed by atoms with Crippen molar-refractivity contribution in [1.82, 2.24) is 19.7 Å². The maximum atomic E-state index is 12.4. The molecule has 3 heterocycles. The van der Waals surface area contributed by atoms with Crippen molar-refractivity contribution >= 4 is 23.3 Å². The van der Waals surface area contributed by atoms with E-state index in [9.17, 15) is 9.59 Å². The summed E-state index contributed by atoms with van der Waals surface area (Å²) >= 11 is 1.62. The van der Waals surface area contributed by atoms with Crippen LogP contribution in [0, 0.1) is 12.8 Å². The van der Waals surface area contributed by atoms with Gasteiger partial charge in [0, 0.05) is 30.5 Å². The van der Waals surface area contributed by atoms with Gasteiger partial charge in [-0.05, 0) is 54.8 Å². The van der Waals surface area contributed by atoms with Crippen LogP contribution >= 0.6 is 11.3 Å². The summed E-state index contributed by atoms with van der Waals surface area (Å²) in [5.41, 5.74) is 1.70. The molecule has 0 atom stereocenters. The lowest BCUT2D eigenvalue weighted by Gasteiger charge is -2.31. The van der Waals surface area contributed by atoms with E-state index in [0.717, 1.165) is 54.3 Å². The molecule has 1 saturated heterocycles. The van der Waals surface area contributed by atoms with Gasteiger partial charge in [-0.3, -0.25) is 4.79 Å². The highest BCUT2D eigenvalue weighted by Crippen LogP contribution is 2.23. The first-order chi connectivity index (χ1) is 14.1. The minimum Gasteiger partial charge on any atom is -0.339 e. The molecular formula is C22H24N4O2S. The fraction of sp³-hybridized carbons (Fsp3) is 0.318. The van der Waals surface area contributed by atoms with Crippen LogP contribution < -0.4 is 5.69 Å². The fourth-order valence-electron chi connectivity index (χ4n) is 3.79. The van der Waals surface area contributed by atoms with Crippen molar-refractivity contribution in [2.75, 3.05) is 13.1 Å². The molecule has 1 N–H and O–H groups in total. The van der Waals surface area contributed by atoms with E-state index in [-0.39, 0.29) is 11.6 Å². The number of nitrogens with zero attached hydrogens (tertiary/aromatic N) is 3. The topological polar surface area (TPSA) is 71.0 Å². The van der Waals surface area contributed by atoms with Gasteiger partial charge in [-0.25, -0.2) is 14.5 Å². The summed E-state index contributed by atoms with van der Waals surface area (Å²) in [7, 11) is 0. The third-order valence-corrected chi connectivity index (χ3v) is 6.27. The van der Waals surface area contributed by atoms with Gasteiger partial charge in [-0.2, -0.15) is 5.10 Å². The number of piperidine rings is 1. The first-order valence-corrected chi connectivity index (χ1v) is 10.7. The van der Waals surface area contributed by atoms with E-state index in [2.05, 4.69) is 10.2 Å². The van der Waals surface area contributed by atoms with Gasteiger partial charge in [-0.1, -0.05) is 24.3 Å². The van der Waals surface area contributed by atoms with E-state index >= 15 is 0 Å². The van der Waals surface area contributed by atoms with Crippen LogP contribution in [-0.4, -0.2) is 38.7 Å². The first-order valence-electron chi connectivity index (χ1n) is 9.84. The van der Waals surface area contributed by atoms with Crippen LogP contribution in [-0.2, 0) is 11.2 Å². The van der Waals surface area contributed by atoms with E-state index in [4.69, 9.17) is 0 Å². The molecule has 29 heavy (non-hydrogen) atoms. The van der Waals surface area contributed by atoms with Crippen molar-refractivity contribution in [3.05, 3.63) is 74.6 Å². The Morgan fingerprint density at radius 3 is 2.76 bits per heavy atom. The number of amides is 1. The number of benzene rings is 1. The van der Waals surface area contributed by atoms with Gasteiger partial charge in [0.15, 0.2) is 0 Å². The number of aryl methyl sites for hydroxylation is 1. The molecule has 7 heteroatoms. The van der Waals surface area contributed by atoms with Crippen molar-refractivity contribution in [2.24, 2.45) is 5.92 Å². The standard InChI is InChI=1S/C22H24N4O2S/c1-16-5-2-3-7-19(16)26-20(23-24-22(26)28)15-17-10-12-25(13-11-17)21(27)9-8-18-6-4-14-29-18/h2-9,14,17H,10-13,15H2,1H3,(H,24,28)/b9-8+. The van der Waals surface area contributed by atoms with E-state index in [1.54, 1.807) is 22.0 Å². The number of hydrogen-bond donors (Lipinski definition) is 1. The monoisotopic (exact) mass is 408 g/mol. The Balaban J connectivity index is 1.39. The van der Waals surface area contributed by atoms with Gasteiger partial charge in [0.1, 0.15) is 5.82 Å². The average Bonchev–Trinajstić information content (AvgIpc) is 3.37. The predicted molar refractivity (Wildman–Crippen MR) is 115 cm³/mol. The van der Waals surface area contributed by atoms with E-state index in [1.165, 1.54) is 0 Å². The van der Waals surface area contributed by atoms with Gasteiger partial charge in [-0.15, -0.1) is 11.3 Å². The van der Waals surface area contributed by atoms with Crippen LogP contribution in [0.3, 0.4) is 0 Å². The highest BCUT2D eigenvalue weighted by atomic mass is 32.1. The van der Waals surface area contributed by atoms with Crippen LogP contribution in [0.15, 0.2) is 52.6 Å². The number of aromatic nitrogens is 3. The molecule has 0 bridgehead atoms. The smallest absolute Gasteiger partial charge is 0.339 e. The number of nitrogens with one attached hydrogen (secondary N) is 1. The SMILES string of the molecule is Cc1ccccc1-n1c(CC2CCN(C(=O)/C=C/c3cccs3)CC2)n[nH]c1=O. The van der Waals surface area contributed by atoms with E-state index < -0.39 is 0 Å². The lowest BCUT2D eigenvalue weighted by atomic mass is 9.93. The number of rotatable bonds is 5. The Labute approximate surface area is 173 Å². The number of para-hydroxylation sites is 1. The molecule has 3 aromatic rings. The Morgan fingerprint density at radius 1 is 1.24 bits per heavy atom. The van der Waals surface area contributed by atoms with Crippen LogP contribution in [0.5, 0.6) is 0 Å². The molecular weight excluding hydrogens is 384 g/mol. The zero-order chi connectivity index (χ0) is 20.2. The molecule has 0 radical (unpaired) electrons. The summed E-state index contributed by atoms with van der Waals surface area (Å²) in [6, 6.07) is 11.8. The highest BCUT2D eigenvalue weighted by Gasteiger charge is 2.24. The summed E-state index contributed by atoms with van der Waals surface area (Å²) in [5.74, 6) is 1.22. The number of carbonyl (C=O) groups excluding carboxylic acids is 1. The number of aromatic amines is 1. The normalized spacial score (nSPS) is 15.3. The van der Waals surface area contributed by atoms with E-state index in [1.807, 2.05) is 59.7 Å². The zero-order valence-corrected chi connectivity index (χ0v) is 17.2. The molecule has 6 nitrogen and oxygen atoms in total. The third kappa shape index (κ3) is 4.40. The maximum absolute atomic E-state index is 12.4. The van der Waals surface area contributed by atoms with Gasteiger partial charge < -0.3 is 4.90 Å². The molecule has 1 aromatic carbocycles. The van der Waals surface area contributed by atoms with Gasteiger partial charge >= 0.3 is 5.69 Å². The summed E-state index contributed by atoms with van der Waals surface area (Å²) in [4.78, 5) is 27.7. The van der Waals surface area contributed by atoms with Crippen molar-refractivity contribution in [1.29, 1.82) is 0 Å². The molecule has 0 unspecified atom stereocenters. The van der Waals surface area contributed by atoms with Crippen molar-refractivity contribution in [2.45, 2.75) is 26.2 Å². The lowest BCUT2D eigenvalue weighted by Crippen LogP contribution is -2.38. The number of carbonyl (C=O) groups is 1. The molecule has 0 spiro atoms. The maximum Gasteiger partial charge on any atom is 0.347 e. The highest BCUT2D eigenvalue weighted by molar-refractivity contribution is 7.10. The molecule has 1 fully saturated rings. The molecule has 0 saturated carbocycles. The second-order valence-electron chi connectivity index (χ2n) is 7.39. The largest absolute Gasteiger partial charge is 0.347 e. The molecule has 1 amide bonds. The van der Waals surface area contributed by atoms with Crippen LogP contribution in [0.1, 0.15) is 29.1 Å². The Hall–Kier alpha value is -2.93. The molecule has 4 rings (SSSR count). The minimum atomic E-state index is -0.208. The number of H-pyrrole nitrogens is 1. The van der Waals surface area contributed by atoms with Gasteiger partial charge in [0.2, 0.25) is 5.91 Å². The number of thiophene rings is 1. The quantitative estimate of drug-likeness (QED) is 0.658. The second-order valence-corrected chi connectivity index (χ2v) is 8.37. The summed E-state index contributed by atoms with van der Waals surface area (Å²) in [5, 5.41) is 8.87. The number of hydrogen-bond acceptors (Lipinski definition) is 4. The number of likely N-dealkylation sites (tertiary alicyclic amines) is 1. The van der Waals surface area contributed by atoms with Gasteiger partial charge in [0.05, 0.1) is 5.69 Å². The van der Waals surface area contributed by atoms with Crippen molar-refractivity contribution in [3.8, 4) is 5.69 Å². The molecule has 1 aliphatic heterocycles. The van der Waals surface area contributed by atoms with Crippen molar-refractivity contribution < 1.29 is 4.79 Å². The fourth-order valence-corrected chi connectivity index (χ4v) is 4.41. The summed E-state index contributed by atoms with van der Waals surface area (Å²) in [6.45, 7) is 3.46.